The Labute approximate surface area is 189 Å². The van der Waals surface area contributed by atoms with Gasteiger partial charge in [-0.2, -0.15) is 18.7 Å². The van der Waals surface area contributed by atoms with Crippen molar-refractivity contribution in [1.82, 2.24) is 15.0 Å². The van der Waals surface area contributed by atoms with Gasteiger partial charge >= 0.3 is 12.1 Å². The van der Waals surface area contributed by atoms with Gasteiger partial charge in [0, 0.05) is 36.5 Å². The maximum Gasteiger partial charge on any atom is 0.434 e. The molecule has 0 atom stereocenters. The zero-order valence-corrected chi connectivity index (χ0v) is 18.8. The SMILES string of the molecule is CNOC(=O)c1ccc(F)cc1Br.Cc1cc(-c2nc(C(F)(F)F)cn2C)ccc1C=N. The highest BCUT2D eigenvalue weighted by molar-refractivity contribution is 9.10. The molecule has 0 amide bonds. The van der Waals surface area contributed by atoms with Gasteiger partial charge in [0.25, 0.3) is 0 Å². The smallest absolute Gasteiger partial charge is 0.367 e. The third-order valence-corrected chi connectivity index (χ3v) is 4.85. The van der Waals surface area contributed by atoms with Gasteiger partial charge in [-0.05, 0) is 58.2 Å². The number of hydrogen-bond acceptors (Lipinski definition) is 5. The minimum absolute atomic E-state index is 0.256. The Morgan fingerprint density at radius 2 is 1.94 bits per heavy atom. The van der Waals surface area contributed by atoms with Crippen molar-refractivity contribution in [3.63, 3.8) is 0 Å². The van der Waals surface area contributed by atoms with Crippen molar-refractivity contribution in [2.75, 3.05) is 7.05 Å². The Morgan fingerprint density at radius 3 is 2.44 bits per heavy atom. The van der Waals surface area contributed by atoms with Crippen molar-refractivity contribution in [3.8, 4) is 11.4 Å². The third kappa shape index (κ3) is 6.24. The quantitative estimate of drug-likeness (QED) is 0.281. The Hall–Kier alpha value is -3.05. The number of alkyl halides is 3. The van der Waals surface area contributed by atoms with Gasteiger partial charge in [0.15, 0.2) is 5.69 Å². The van der Waals surface area contributed by atoms with E-state index in [-0.39, 0.29) is 11.4 Å². The standard InChI is InChI=1S/C13H12F3N3.C8H7BrFNO2/c1-8-5-9(3-4-10(8)6-17)12-18-11(7-19(12)2)13(14,15)16;1-11-13-8(12)6-3-2-5(10)4-7(6)9/h3-7,17H,1-2H3;2-4,11H,1H3. The fourth-order valence-corrected chi connectivity index (χ4v) is 3.16. The average Bonchev–Trinajstić information content (AvgIpc) is 3.10. The van der Waals surface area contributed by atoms with Crippen LogP contribution in [0.4, 0.5) is 17.6 Å². The molecule has 32 heavy (non-hydrogen) atoms. The van der Waals surface area contributed by atoms with E-state index in [4.69, 9.17) is 5.41 Å². The second-order valence-electron chi connectivity index (χ2n) is 6.49. The van der Waals surface area contributed by atoms with Crippen molar-refractivity contribution in [2.45, 2.75) is 13.1 Å². The molecule has 0 radical (unpaired) electrons. The largest absolute Gasteiger partial charge is 0.434 e. The highest BCUT2D eigenvalue weighted by Crippen LogP contribution is 2.31. The van der Waals surface area contributed by atoms with Crippen LogP contribution >= 0.6 is 15.9 Å². The monoisotopic (exact) mass is 514 g/mol. The molecule has 0 aliphatic carbocycles. The lowest BCUT2D eigenvalue weighted by Gasteiger charge is -2.05. The first-order valence-corrected chi connectivity index (χ1v) is 9.82. The molecular formula is C21H19BrF4N4O2. The summed E-state index contributed by atoms with van der Waals surface area (Å²) in [5.74, 6) is -0.714. The van der Waals surface area contributed by atoms with Gasteiger partial charge in [0.2, 0.25) is 0 Å². The van der Waals surface area contributed by atoms with E-state index in [1.807, 2.05) is 0 Å². The molecule has 0 saturated heterocycles. The molecule has 0 unspecified atom stereocenters. The first-order chi connectivity index (χ1) is 15.0. The van der Waals surface area contributed by atoms with Gasteiger partial charge in [-0.1, -0.05) is 12.1 Å². The molecule has 0 aliphatic rings. The average molecular weight is 515 g/mol. The Morgan fingerprint density at radius 1 is 1.25 bits per heavy atom. The molecule has 3 rings (SSSR count). The number of aromatic nitrogens is 2. The van der Waals surface area contributed by atoms with Gasteiger partial charge < -0.3 is 14.8 Å². The summed E-state index contributed by atoms with van der Waals surface area (Å²) in [7, 11) is 2.99. The summed E-state index contributed by atoms with van der Waals surface area (Å²) < 4.78 is 52.1. The predicted octanol–water partition coefficient (Wildman–Crippen LogP) is 5.29. The predicted molar refractivity (Wildman–Crippen MR) is 115 cm³/mol. The number of nitrogens with one attached hydrogen (secondary N) is 2. The maximum absolute atomic E-state index is 12.6. The lowest BCUT2D eigenvalue weighted by Crippen LogP contribution is -2.15. The number of aryl methyl sites for hydroxylation is 2. The lowest BCUT2D eigenvalue weighted by atomic mass is 10.1. The molecule has 1 aromatic heterocycles. The van der Waals surface area contributed by atoms with Gasteiger partial charge in [-0.15, -0.1) is 0 Å². The molecule has 2 N–H and O–H groups in total. The summed E-state index contributed by atoms with van der Waals surface area (Å²) in [4.78, 5) is 19.3. The minimum Gasteiger partial charge on any atom is -0.367 e. The molecule has 1 heterocycles. The zero-order valence-electron chi connectivity index (χ0n) is 17.2. The number of hydroxylamine groups is 1. The molecule has 0 fully saturated rings. The molecule has 0 spiro atoms. The molecule has 0 saturated carbocycles. The number of nitrogens with zero attached hydrogens (tertiary/aromatic N) is 2. The highest BCUT2D eigenvalue weighted by atomic mass is 79.9. The minimum atomic E-state index is -4.44. The van der Waals surface area contributed by atoms with Gasteiger partial charge in [-0.25, -0.2) is 14.2 Å². The van der Waals surface area contributed by atoms with Crippen LogP contribution in [0.5, 0.6) is 0 Å². The second-order valence-corrected chi connectivity index (χ2v) is 7.35. The van der Waals surface area contributed by atoms with Crippen LogP contribution in [0.25, 0.3) is 11.4 Å². The van der Waals surface area contributed by atoms with E-state index in [1.54, 1.807) is 25.1 Å². The fourth-order valence-electron chi connectivity index (χ4n) is 2.65. The summed E-state index contributed by atoms with van der Waals surface area (Å²) in [6.45, 7) is 1.80. The summed E-state index contributed by atoms with van der Waals surface area (Å²) >= 11 is 3.05. The zero-order chi connectivity index (χ0) is 24.1. The molecular weight excluding hydrogens is 496 g/mol. The first-order valence-electron chi connectivity index (χ1n) is 9.03. The molecule has 2 aromatic carbocycles. The topological polar surface area (TPSA) is 80.0 Å². The van der Waals surface area contributed by atoms with Gasteiger partial charge in [0.05, 0.1) is 5.56 Å². The summed E-state index contributed by atoms with van der Waals surface area (Å²) in [6, 6.07) is 8.82. The van der Waals surface area contributed by atoms with Gasteiger partial charge in [0.1, 0.15) is 11.6 Å². The van der Waals surface area contributed by atoms with E-state index >= 15 is 0 Å². The molecule has 0 aliphatic heterocycles. The molecule has 6 nitrogen and oxygen atoms in total. The molecule has 11 heteroatoms. The van der Waals surface area contributed by atoms with Crippen LogP contribution in [0, 0.1) is 18.2 Å². The highest BCUT2D eigenvalue weighted by Gasteiger charge is 2.34. The van der Waals surface area contributed by atoms with Crippen LogP contribution in [0.2, 0.25) is 0 Å². The Balaban J connectivity index is 0.000000244. The van der Waals surface area contributed by atoms with Crippen molar-refractivity contribution >= 4 is 28.1 Å². The van der Waals surface area contributed by atoms with E-state index in [0.717, 1.165) is 17.3 Å². The van der Waals surface area contributed by atoms with Crippen LogP contribution in [0.15, 0.2) is 47.1 Å². The van der Waals surface area contributed by atoms with Gasteiger partial charge in [-0.3, -0.25) is 0 Å². The third-order valence-electron chi connectivity index (χ3n) is 4.20. The first kappa shape index (κ1) is 25.2. The summed E-state index contributed by atoms with van der Waals surface area (Å²) in [5.41, 5.74) is 3.77. The van der Waals surface area contributed by atoms with E-state index in [1.165, 1.54) is 43.1 Å². The molecule has 170 valence electrons. The fraction of sp³-hybridized carbons (Fsp3) is 0.190. The molecule has 3 aromatic rings. The number of halogens is 5. The maximum atomic E-state index is 12.6. The number of benzene rings is 2. The van der Waals surface area contributed by atoms with Crippen LogP contribution in [-0.2, 0) is 18.1 Å². The molecule has 0 bridgehead atoms. The van der Waals surface area contributed by atoms with E-state index in [9.17, 15) is 22.4 Å². The van der Waals surface area contributed by atoms with E-state index < -0.39 is 23.7 Å². The van der Waals surface area contributed by atoms with Crippen LogP contribution in [0.3, 0.4) is 0 Å². The number of carbonyl (C=O) groups excluding carboxylic acids is 1. The Bertz CT molecular complexity index is 1130. The van der Waals surface area contributed by atoms with E-state index in [0.29, 0.717) is 10.0 Å². The van der Waals surface area contributed by atoms with Crippen molar-refractivity contribution in [2.24, 2.45) is 7.05 Å². The number of rotatable bonds is 4. The normalized spacial score (nSPS) is 10.9. The number of carbonyl (C=O) groups is 1. The number of imidazole rings is 1. The van der Waals surface area contributed by atoms with Crippen molar-refractivity contribution in [1.29, 1.82) is 5.41 Å². The summed E-state index contributed by atoms with van der Waals surface area (Å²) in [6.07, 6.45) is -2.27. The lowest BCUT2D eigenvalue weighted by molar-refractivity contribution is -0.140. The van der Waals surface area contributed by atoms with Crippen molar-refractivity contribution in [3.05, 3.63) is 75.3 Å². The van der Waals surface area contributed by atoms with Crippen LogP contribution < -0.4 is 5.48 Å². The Kier molecular flexibility index (Phi) is 8.28. The summed E-state index contributed by atoms with van der Waals surface area (Å²) in [5, 5.41) is 7.19. The number of hydrogen-bond donors (Lipinski definition) is 2. The van der Waals surface area contributed by atoms with Crippen LogP contribution in [-0.4, -0.2) is 28.8 Å². The van der Waals surface area contributed by atoms with Crippen LogP contribution in [0.1, 0.15) is 27.2 Å². The van der Waals surface area contributed by atoms with E-state index in [2.05, 4.69) is 31.2 Å². The second kappa shape index (κ2) is 10.5. The van der Waals surface area contributed by atoms with Crippen molar-refractivity contribution < 1.29 is 27.2 Å².